The summed E-state index contributed by atoms with van der Waals surface area (Å²) >= 11 is 0. The normalized spacial score (nSPS) is 8.00. The summed E-state index contributed by atoms with van der Waals surface area (Å²) in [5, 5.41) is 0. The van der Waals surface area contributed by atoms with Crippen molar-refractivity contribution in [3.05, 3.63) is 37.0 Å². The second-order valence-electron chi connectivity index (χ2n) is 4.15. The van der Waals surface area contributed by atoms with Gasteiger partial charge in [0.05, 0.1) is 13.7 Å². The number of primary amides is 1. The van der Waals surface area contributed by atoms with Crippen LogP contribution in [0.5, 0.6) is 0 Å². The Morgan fingerprint density at radius 3 is 1.68 bits per heavy atom. The van der Waals surface area contributed by atoms with Gasteiger partial charge in [-0.25, -0.2) is 9.59 Å². The van der Waals surface area contributed by atoms with E-state index in [1.54, 1.807) is 13.8 Å². The summed E-state index contributed by atoms with van der Waals surface area (Å²) < 4.78 is 9.08. The van der Waals surface area contributed by atoms with Crippen molar-refractivity contribution in [2.75, 3.05) is 13.7 Å². The van der Waals surface area contributed by atoms with Crippen LogP contribution in [0.1, 0.15) is 33.6 Å². The molecule has 1 amide bonds. The number of hydrogen-bond donors (Lipinski definition) is 1. The van der Waals surface area contributed by atoms with E-state index in [1.165, 1.54) is 7.11 Å². The van der Waals surface area contributed by atoms with Gasteiger partial charge in [-0.1, -0.05) is 33.1 Å². The lowest BCUT2D eigenvalue weighted by atomic mass is 10.3. The van der Waals surface area contributed by atoms with Crippen molar-refractivity contribution in [2.45, 2.75) is 33.6 Å². The van der Waals surface area contributed by atoms with E-state index in [1.807, 2.05) is 0 Å². The maximum absolute atomic E-state index is 10.7. The molecule has 0 aliphatic rings. The Labute approximate surface area is 132 Å². The third-order valence-corrected chi connectivity index (χ3v) is 1.81. The van der Waals surface area contributed by atoms with E-state index in [-0.39, 0.29) is 11.9 Å². The fourth-order valence-corrected chi connectivity index (χ4v) is 0.607. The molecule has 0 aliphatic heterocycles. The molecule has 0 heterocycles. The molecular formula is C16H27NO5. The topological polar surface area (TPSA) is 95.7 Å². The van der Waals surface area contributed by atoms with E-state index >= 15 is 0 Å². The molecule has 0 unspecified atom stereocenters. The number of ether oxygens (including phenoxy) is 2. The van der Waals surface area contributed by atoms with Crippen LogP contribution in [0.3, 0.4) is 0 Å². The van der Waals surface area contributed by atoms with Crippen molar-refractivity contribution < 1.29 is 23.9 Å². The van der Waals surface area contributed by atoms with Gasteiger partial charge in [-0.15, -0.1) is 0 Å². The molecule has 126 valence electrons. The Kier molecular flexibility index (Phi) is 18.7. The van der Waals surface area contributed by atoms with Crippen molar-refractivity contribution >= 4 is 17.8 Å². The molecule has 0 aliphatic carbocycles. The number of nitrogens with two attached hydrogens (primary N) is 1. The highest BCUT2D eigenvalue weighted by atomic mass is 16.5. The largest absolute Gasteiger partial charge is 0.466 e. The molecule has 0 aromatic rings. The lowest BCUT2D eigenvalue weighted by Crippen LogP contribution is -2.05. The van der Waals surface area contributed by atoms with Gasteiger partial charge in [0.2, 0.25) is 5.91 Å². The Hall–Kier alpha value is -2.37. The zero-order chi connectivity index (χ0) is 18.1. The van der Waals surface area contributed by atoms with Gasteiger partial charge in [0.1, 0.15) is 0 Å². The van der Waals surface area contributed by atoms with Crippen LogP contribution in [0.2, 0.25) is 0 Å². The van der Waals surface area contributed by atoms with Crippen LogP contribution < -0.4 is 5.73 Å². The van der Waals surface area contributed by atoms with Crippen LogP contribution in [0.25, 0.3) is 0 Å². The first-order valence-electron chi connectivity index (χ1n) is 6.62. The van der Waals surface area contributed by atoms with Gasteiger partial charge in [-0.2, -0.15) is 0 Å². The predicted molar refractivity (Wildman–Crippen MR) is 86.9 cm³/mol. The minimum absolute atomic E-state index is 0.284. The quantitative estimate of drug-likeness (QED) is 0.461. The fourth-order valence-electron chi connectivity index (χ4n) is 0.607. The summed E-state index contributed by atoms with van der Waals surface area (Å²) in [6.45, 7) is 15.7. The zero-order valence-electron chi connectivity index (χ0n) is 13.9. The third kappa shape index (κ3) is 22.8. The van der Waals surface area contributed by atoms with Crippen LogP contribution in [-0.4, -0.2) is 31.6 Å². The number of carbonyl (C=O) groups excluding carboxylic acids is 3. The highest BCUT2D eigenvalue weighted by molar-refractivity contribution is 5.87. The molecule has 0 spiro atoms. The number of rotatable bonds is 6. The van der Waals surface area contributed by atoms with E-state index < -0.39 is 5.91 Å². The average Bonchev–Trinajstić information content (AvgIpc) is 2.47. The predicted octanol–water partition coefficient (Wildman–Crippen LogP) is 2.30. The number of esters is 2. The number of unbranched alkanes of at least 4 members (excludes halogenated alkanes) is 1. The highest BCUT2D eigenvalue weighted by Gasteiger charge is 2.00. The minimum Gasteiger partial charge on any atom is -0.466 e. The van der Waals surface area contributed by atoms with Crippen molar-refractivity contribution in [3.8, 4) is 0 Å². The van der Waals surface area contributed by atoms with Gasteiger partial charge < -0.3 is 15.2 Å². The molecule has 2 N–H and O–H groups in total. The monoisotopic (exact) mass is 313 g/mol. The fraction of sp³-hybridized carbons (Fsp3) is 0.438. The molecule has 0 aromatic carbocycles. The minimum atomic E-state index is -0.481. The van der Waals surface area contributed by atoms with Gasteiger partial charge in [-0.3, -0.25) is 4.79 Å². The molecule has 0 saturated carbocycles. The van der Waals surface area contributed by atoms with Crippen molar-refractivity contribution in [3.63, 3.8) is 0 Å². The summed E-state index contributed by atoms with van der Waals surface area (Å²) in [4.78, 5) is 30.4. The number of carbonyl (C=O) groups is 3. The van der Waals surface area contributed by atoms with E-state index in [4.69, 9.17) is 4.74 Å². The van der Waals surface area contributed by atoms with Gasteiger partial charge in [0.25, 0.3) is 0 Å². The molecule has 6 nitrogen and oxygen atoms in total. The second kappa shape index (κ2) is 16.7. The summed E-state index contributed by atoms with van der Waals surface area (Å²) in [5.41, 5.74) is 5.44. The van der Waals surface area contributed by atoms with Crippen molar-refractivity contribution in [2.24, 2.45) is 5.73 Å². The first-order valence-corrected chi connectivity index (χ1v) is 6.62. The number of hydrogen-bond acceptors (Lipinski definition) is 5. The average molecular weight is 313 g/mol. The van der Waals surface area contributed by atoms with Gasteiger partial charge in [0.15, 0.2) is 0 Å². The van der Waals surface area contributed by atoms with Crippen LogP contribution >= 0.6 is 0 Å². The maximum atomic E-state index is 10.7. The summed E-state index contributed by atoms with van der Waals surface area (Å²) in [6.07, 6.45) is 3.03. The molecule has 0 bridgehead atoms. The summed E-state index contributed by atoms with van der Waals surface area (Å²) in [5.74, 6) is -1.11. The lowest BCUT2D eigenvalue weighted by Gasteiger charge is -2.01. The molecule has 6 heteroatoms. The number of amides is 1. The first-order chi connectivity index (χ1) is 10.1. The summed E-state index contributed by atoms with van der Waals surface area (Å²) in [6, 6.07) is 0. The van der Waals surface area contributed by atoms with Crippen molar-refractivity contribution in [1.29, 1.82) is 0 Å². The van der Waals surface area contributed by atoms with Crippen LogP contribution in [0.15, 0.2) is 37.0 Å². The van der Waals surface area contributed by atoms with E-state index in [0.717, 1.165) is 18.9 Å². The Bertz CT molecular complexity index is 399. The zero-order valence-corrected chi connectivity index (χ0v) is 13.9. The van der Waals surface area contributed by atoms with Gasteiger partial charge in [0, 0.05) is 11.1 Å². The van der Waals surface area contributed by atoms with Crippen LogP contribution in [0.4, 0.5) is 0 Å². The number of methoxy groups -OCH3 is 1. The molecule has 22 heavy (non-hydrogen) atoms. The first kappa shape index (κ1) is 24.6. The lowest BCUT2D eigenvalue weighted by molar-refractivity contribution is -0.139. The molecule has 0 rings (SSSR count). The van der Waals surface area contributed by atoms with Crippen LogP contribution in [-0.2, 0) is 23.9 Å². The highest BCUT2D eigenvalue weighted by Crippen LogP contribution is 1.94. The van der Waals surface area contributed by atoms with E-state index in [9.17, 15) is 14.4 Å². The molecule has 0 radical (unpaired) electrons. The van der Waals surface area contributed by atoms with Crippen LogP contribution in [0, 0.1) is 0 Å². The van der Waals surface area contributed by atoms with E-state index in [0.29, 0.717) is 17.8 Å². The Balaban J connectivity index is -0.000000263. The Morgan fingerprint density at radius 2 is 1.50 bits per heavy atom. The van der Waals surface area contributed by atoms with Crippen molar-refractivity contribution in [1.82, 2.24) is 0 Å². The summed E-state index contributed by atoms with van der Waals surface area (Å²) in [7, 11) is 1.33. The molecule has 0 atom stereocenters. The SMILES string of the molecule is C=C(C)C(=O)OC.C=C(C)C(=O)OCCCC.C=CC(N)=O. The Morgan fingerprint density at radius 1 is 1.09 bits per heavy atom. The smallest absolute Gasteiger partial charge is 0.333 e. The second-order valence-corrected chi connectivity index (χ2v) is 4.15. The third-order valence-electron chi connectivity index (χ3n) is 1.81. The van der Waals surface area contributed by atoms with Gasteiger partial charge >= 0.3 is 11.9 Å². The molecule has 0 aromatic heterocycles. The standard InChI is InChI=1S/C8H14O2.C5H8O2.C3H5NO/c1-4-5-6-10-8(9)7(2)3;1-4(2)5(6)7-3;1-2-3(4)5/h2,4-6H2,1,3H3;1H2,2-3H3;2H,1H2,(H2,4,5). The maximum Gasteiger partial charge on any atom is 0.333 e. The van der Waals surface area contributed by atoms with Gasteiger partial charge in [-0.05, 0) is 26.3 Å². The molecule has 0 saturated heterocycles. The molecular weight excluding hydrogens is 286 g/mol. The van der Waals surface area contributed by atoms with E-state index in [2.05, 4.69) is 37.1 Å². The molecule has 0 fully saturated rings.